The fraction of sp³-hybridized carbons (Fsp3) is 0.208. The third-order valence-electron chi connectivity index (χ3n) is 5.35. The van der Waals surface area contributed by atoms with E-state index in [1.165, 1.54) is 17.8 Å². The number of para-hydroxylation sites is 1. The number of nitrogens with zero attached hydrogens (tertiary/aromatic N) is 3. The molecule has 1 N–H and O–H groups in total. The minimum atomic E-state index is -0.436. The number of aromatic nitrogens is 2. The van der Waals surface area contributed by atoms with Crippen molar-refractivity contribution in [3.05, 3.63) is 78.1 Å². The van der Waals surface area contributed by atoms with Gasteiger partial charge in [-0.2, -0.15) is 0 Å². The highest BCUT2D eigenvalue weighted by Crippen LogP contribution is 2.32. The molecule has 0 bridgehead atoms. The lowest BCUT2D eigenvalue weighted by atomic mass is 10.1. The van der Waals surface area contributed by atoms with E-state index in [-0.39, 0.29) is 5.76 Å². The van der Waals surface area contributed by atoms with Crippen LogP contribution in [0.1, 0.15) is 16.1 Å². The number of carbonyl (C=O) groups is 1. The van der Waals surface area contributed by atoms with Gasteiger partial charge in [-0.05, 0) is 30.3 Å². The molecule has 0 aliphatic carbocycles. The van der Waals surface area contributed by atoms with Crippen LogP contribution in [0, 0.1) is 5.82 Å². The van der Waals surface area contributed by atoms with Crippen LogP contribution in [0.15, 0.2) is 70.5 Å². The van der Waals surface area contributed by atoms with E-state index in [2.05, 4.69) is 15.3 Å². The van der Waals surface area contributed by atoms with Crippen LogP contribution in [0.25, 0.3) is 11.0 Å². The number of furan rings is 1. The number of hydrogen-bond donors (Lipinski definition) is 1. The number of ether oxygens (including phenoxy) is 1. The number of fused-ring (bicyclic) bond motifs is 1. The van der Waals surface area contributed by atoms with Crippen LogP contribution in [0.2, 0.25) is 0 Å². The van der Waals surface area contributed by atoms with Gasteiger partial charge < -0.3 is 19.4 Å². The summed E-state index contributed by atoms with van der Waals surface area (Å²) in [5.74, 6) is -0.184. The zero-order valence-electron chi connectivity index (χ0n) is 17.7. The minimum Gasteiger partial charge on any atom is -0.451 e. The Morgan fingerprint density at radius 3 is 2.67 bits per heavy atom. The van der Waals surface area contributed by atoms with Gasteiger partial charge in [-0.1, -0.05) is 30.0 Å². The second-order valence-corrected chi connectivity index (χ2v) is 8.39. The standard InChI is InChI=1S/C24H21FN4O3S/c25-19-14-16(6-7-20(19)29-10-12-31-13-11-29)28-23(30)22-18(15-33-24-26-8-3-9-27-24)17-4-1-2-5-21(17)32-22/h1-9,14H,10-13,15H2,(H,28,30). The summed E-state index contributed by atoms with van der Waals surface area (Å²) in [5.41, 5.74) is 2.21. The predicted molar refractivity (Wildman–Crippen MR) is 125 cm³/mol. The highest BCUT2D eigenvalue weighted by Gasteiger charge is 2.22. The number of thioether (sulfide) groups is 1. The van der Waals surface area contributed by atoms with E-state index in [0.717, 1.165) is 10.9 Å². The Balaban J connectivity index is 1.38. The highest BCUT2D eigenvalue weighted by molar-refractivity contribution is 7.98. The van der Waals surface area contributed by atoms with Gasteiger partial charge in [0.1, 0.15) is 11.4 Å². The number of rotatable bonds is 6. The first-order valence-electron chi connectivity index (χ1n) is 10.5. The molecule has 1 aliphatic heterocycles. The highest BCUT2D eigenvalue weighted by atomic mass is 32.2. The second kappa shape index (κ2) is 9.60. The molecule has 1 amide bonds. The van der Waals surface area contributed by atoms with E-state index < -0.39 is 11.7 Å². The molecule has 9 heteroatoms. The number of nitrogens with one attached hydrogen (secondary N) is 1. The fourth-order valence-electron chi connectivity index (χ4n) is 3.76. The first kappa shape index (κ1) is 21.4. The number of carbonyl (C=O) groups excluding carboxylic acids is 1. The van der Waals surface area contributed by atoms with Crippen molar-refractivity contribution < 1.29 is 18.3 Å². The second-order valence-electron chi connectivity index (χ2n) is 7.45. The van der Waals surface area contributed by atoms with Crippen molar-refractivity contribution in [1.29, 1.82) is 0 Å². The van der Waals surface area contributed by atoms with Gasteiger partial charge in [0.2, 0.25) is 0 Å². The van der Waals surface area contributed by atoms with E-state index in [4.69, 9.17) is 9.15 Å². The molecule has 2 aromatic carbocycles. The zero-order valence-corrected chi connectivity index (χ0v) is 18.5. The van der Waals surface area contributed by atoms with Crippen LogP contribution >= 0.6 is 11.8 Å². The molecule has 1 fully saturated rings. The van der Waals surface area contributed by atoms with Crippen molar-refractivity contribution in [3.63, 3.8) is 0 Å². The summed E-state index contributed by atoms with van der Waals surface area (Å²) < 4.78 is 26.0. The Labute approximate surface area is 194 Å². The molecular formula is C24H21FN4O3S. The molecule has 1 saturated heterocycles. The number of anilines is 2. The summed E-state index contributed by atoms with van der Waals surface area (Å²) in [6.07, 6.45) is 3.34. The molecule has 33 heavy (non-hydrogen) atoms. The molecule has 168 valence electrons. The van der Waals surface area contributed by atoms with Gasteiger partial charge in [0.15, 0.2) is 10.9 Å². The summed E-state index contributed by atoms with van der Waals surface area (Å²) in [6.45, 7) is 2.40. The number of amides is 1. The van der Waals surface area contributed by atoms with Crippen LogP contribution in [0.4, 0.5) is 15.8 Å². The lowest BCUT2D eigenvalue weighted by molar-refractivity contribution is 0.0998. The average molecular weight is 465 g/mol. The van der Waals surface area contributed by atoms with Crippen LogP contribution in [-0.4, -0.2) is 42.2 Å². The van der Waals surface area contributed by atoms with E-state index >= 15 is 0 Å². The van der Waals surface area contributed by atoms with Gasteiger partial charge in [-0.15, -0.1) is 0 Å². The third-order valence-corrected chi connectivity index (χ3v) is 6.25. The number of morpholine rings is 1. The van der Waals surface area contributed by atoms with Crippen molar-refractivity contribution in [1.82, 2.24) is 9.97 Å². The summed E-state index contributed by atoms with van der Waals surface area (Å²) in [6, 6.07) is 13.9. The maximum Gasteiger partial charge on any atom is 0.291 e. The molecule has 0 saturated carbocycles. The Morgan fingerprint density at radius 2 is 1.88 bits per heavy atom. The normalized spacial score (nSPS) is 13.9. The van der Waals surface area contributed by atoms with Crippen molar-refractivity contribution in [2.24, 2.45) is 0 Å². The topological polar surface area (TPSA) is 80.5 Å². The van der Waals surface area contributed by atoms with Gasteiger partial charge >= 0.3 is 0 Å². The molecule has 0 unspecified atom stereocenters. The average Bonchev–Trinajstić information content (AvgIpc) is 3.23. The third kappa shape index (κ3) is 4.69. The lowest BCUT2D eigenvalue weighted by Crippen LogP contribution is -2.36. The predicted octanol–water partition coefficient (Wildman–Crippen LogP) is 4.74. The van der Waals surface area contributed by atoms with Crippen molar-refractivity contribution in [2.45, 2.75) is 10.9 Å². The molecule has 0 radical (unpaired) electrons. The van der Waals surface area contributed by atoms with Crippen LogP contribution in [0.5, 0.6) is 0 Å². The summed E-state index contributed by atoms with van der Waals surface area (Å²) in [7, 11) is 0. The quantitative estimate of drug-likeness (QED) is 0.326. The first-order valence-corrected chi connectivity index (χ1v) is 11.5. The molecule has 0 atom stereocenters. The molecule has 7 nitrogen and oxygen atoms in total. The first-order chi connectivity index (χ1) is 16.2. The Hall–Kier alpha value is -3.43. The van der Waals surface area contributed by atoms with E-state index in [1.54, 1.807) is 30.6 Å². The molecular weight excluding hydrogens is 443 g/mol. The zero-order chi connectivity index (χ0) is 22.6. The Kier molecular flexibility index (Phi) is 6.23. The van der Waals surface area contributed by atoms with Crippen molar-refractivity contribution >= 4 is 40.0 Å². The molecule has 2 aromatic heterocycles. The number of hydrogen-bond acceptors (Lipinski definition) is 7. The van der Waals surface area contributed by atoms with Gasteiger partial charge in [-0.3, -0.25) is 4.79 Å². The van der Waals surface area contributed by atoms with E-state index in [1.807, 2.05) is 29.2 Å². The molecule has 0 spiro atoms. The molecule has 3 heterocycles. The van der Waals surface area contributed by atoms with Gasteiger partial charge in [0.25, 0.3) is 5.91 Å². The van der Waals surface area contributed by atoms with Crippen molar-refractivity contribution in [2.75, 3.05) is 36.5 Å². The van der Waals surface area contributed by atoms with Crippen LogP contribution in [-0.2, 0) is 10.5 Å². The molecule has 5 rings (SSSR count). The fourth-order valence-corrected chi connectivity index (χ4v) is 4.59. The Morgan fingerprint density at radius 1 is 1.09 bits per heavy atom. The monoisotopic (exact) mass is 464 g/mol. The van der Waals surface area contributed by atoms with Crippen LogP contribution in [0.3, 0.4) is 0 Å². The summed E-state index contributed by atoms with van der Waals surface area (Å²) in [4.78, 5) is 23.5. The van der Waals surface area contributed by atoms with E-state index in [0.29, 0.717) is 54.2 Å². The summed E-state index contributed by atoms with van der Waals surface area (Å²) in [5, 5.41) is 4.23. The minimum absolute atomic E-state index is 0.192. The van der Waals surface area contributed by atoms with Crippen molar-refractivity contribution in [3.8, 4) is 0 Å². The van der Waals surface area contributed by atoms with Crippen LogP contribution < -0.4 is 10.2 Å². The maximum atomic E-state index is 14.8. The van der Waals surface area contributed by atoms with E-state index in [9.17, 15) is 9.18 Å². The SMILES string of the molecule is O=C(Nc1ccc(N2CCOCC2)c(F)c1)c1oc2ccccc2c1CSc1ncccn1. The number of benzene rings is 2. The van der Waals surface area contributed by atoms with Gasteiger partial charge in [-0.25, -0.2) is 14.4 Å². The summed E-state index contributed by atoms with van der Waals surface area (Å²) >= 11 is 1.41. The maximum absolute atomic E-state index is 14.8. The molecule has 1 aliphatic rings. The van der Waals surface area contributed by atoms with Gasteiger partial charge in [0, 0.05) is 47.9 Å². The Bertz CT molecular complexity index is 1280. The smallest absolute Gasteiger partial charge is 0.291 e. The number of halogens is 1. The molecule has 4 aromatic rings. The lowest BCUT2D eigenvalue weighted by Gasteiger charge is -2.29. The largest absolute Gasteiger partial charge is 0.451 e. The van der Waals surface area contributed by atoms with Gasteiger partial charge in [0.05, 0.1) is 18.9 Å².